The third kappa shape index (κ3) is 5.64. The third-order valence-electron chi connectivity index (χ3n) is 7.77. The average molecular weight is 524 g/mol. The van der Waals surface area contributed by atoms with Crippen molar-refractivity contribution in [2.45, 2.75) is 43.6 Å². The Kier molecular flexibility index (Phi) is 7.42. The number of urea groups is 1. The summed E-state index contributed by atoms with van der Waals surface area (Å²) in [4.78, 5) is 15.5. The van der Waals surface area contributed by atoms with Crippen LogP contribution in [0.15, 0.2) is 66.7 Å². The molecule has 1 aliphatic heterocycles. The van der Waals surface area contributed by atoms with Crippen LogP contribution in [0.3, 0.4) is 0 Å². The van der Waals surface area contributed by atoms with Crippen LogP contribution in [0.25, 0.3) is 11.1 Å². The maximum Gasteiger partial charge on any atom is 0.319 e. The third-order valence-corrected chi connectivity index (χ3v) is 8.21. The Balaban J connectivity index is 1.33. The van der Waals surface area contributed by atoms with E-state index in [1.807, 2.05) is 18.2 Å². The number of carbonyl (C=O) groups excluding carboxylic acids is 1. The molecule has 7 heteroatoms. The highest BCUT2D eigenvalue weighted by Crippen LogP contribution is 2.39. The fourth-order valence-corrected chi connectivity index (χ4v) is 5.95. The SMILES string of the molecule is Nc1cccc(-c2ccc(C3(CNC(=O)Nc4cc(Cl)cc(Cl)c4)CCN(C4CCC4)CC3)cc2)c1. The van der Waals surface area contributed by atoms with Crippen LogP contribution in [0.1, 0.15) is 37.7 Å². The topological polar surface area (TPSA) is 70.4 Å². The van der Waals surface area contributed by atoms with Crippen LogP contribution in [0, 0.1) is 0 Å². The van der Waals surface area contributed by atoms with Gasteiger partial charge in [0.25, 0.3) is 0 Å². The Bertz CT molecular complexity index is 1200. The van der Waals surface area contributed by atoms with Crippen molar-refractivity contribution in [3.8, 4) is 11.1 Å². The second-order valence-corrected chi connectivity index (χ2v) is 10.9. The Labute approximate surface area is 223 Å². The molecule has 1 heterocycles. The molecular formula is C29H32Cl2N4O. The normalized spacial score (nSPS) is 17.8. The zero-order valence-electron chi connectivity index (χ0n) is 20.3. The smallest absolute Gasteiger partial charge is 0.319 e. The summed E-state index contributed by atoms with van der Waals surface area (Å²) in [6, 6.07) is 22.2. The largest absolute Gasteiger partial charge is 0.399 e. The summed E-state index contributed by atoms with van der Waals surface area (Å²) in [5.41, 5.74) is 10.7. The monoisotopic (exact) mass is 522 g/mol. The molecule has 1 aliphatic carbocycles. The second-order valence-electron chi connectivity index (χ2n) is 10.1. The molecule has 188 valence electrons. The number of hydrogen-bond donors (Lipinski definition) is 3. The summed E-state index contributed by atoms with van der Waals surface area (Å²) in [7, 11) is 0. The van der Waals surface area contributed by atoms with Crippen LogP contribution in [-0.4, -0.2) is 36.6 Å². The molecule has 4 N–H and O–H groups in total. The van der Waals surface area contributed by atoms with Crippen molar-refractivity contribution in [1.82, 2.24) is 10.2 Å². The number of nitrogens with two attached hydrogens (primary N) is 1. The minimum atomic E-state index is -0.259. The van der Waals surface area contributed by atoms with Crippen molar-refractivity contribution in [2.24, 2.45) is 0 Å². The zero-order chi connectivity index (χ0) is 25.1. The van der Waals surface area contributed by atoms with Gasteiger partial charge in [-0.1, -0.05) is 66.0 Å². The van der Waals surface area contributed by atoms with Gasteiger partial charge in [0.05, 0.1) is 0 Å². The molecule has 1 saturated carbocycles. The molecule has 0 radical (unpaired) electrons. The molecule has 0 unspecified atom stereocenters. The first-order chi connectivity index (χ1) is 17.4. The van der Waals surface area contributed by atoms with E-state index in [0.29, 0.717) is 22.3 Å². The van der Waals surface area contributed by atoms with Crippen LogP contribution in [0.5, 0.6) is 0 Å². The summed E-state index contributed by atoms with van der Waals surface area (Å²) >= 11 is 12.2. The number of nitrogens with one attached hydrogen (secondary N) is 2. The lowest BCUT2D eigenvalue weighted by Gasteiger charge is -2.47. The standard InChI is InChI=1S/C29H32Cl2N4O/c30-23-16-24(31)18-26(17-23)34-28(36)33-19-29(11-13-35(14-12-29)27-5-2-6-27)22-9-7-20(8-10-22)21-3-1-4-25(32)15-21/h1,3-4,7-10,15-18,27H,2,5-6,11-14,19,32H2,(H2,33,34,36). The number of nitrogen functional groups attached to an aromatic ring is 1. The van der Waals surface area contributed by atoms with Crippen molar-refractivity contribution in [1.29, 1.82) is 0 Å². The molecule has 0 aromatic heterocycles. The number of anilines is 2. The van der Waals surface area contributed by atoms with Gasteiger partial charge in [-0.05, 0) is 85.8 Å². The number of hydrogen-bond acceptors (Lipinski definition) is 3. The quantitative estimate of drug-likeness (QED) is 0.306. The lowest BCUT2D eigenvalue weighted by Crippen LogP contribution is -2.53. The van der Waals surface area contributed by atoms with Gasteiger partial charge in [0.15, 0.2) is 0 Å². The summed E-state index contributed by atoms with van der Waals surface area (Å²) < 4.78 is 0. The number of halogens is 2. The van der Waals surface area contributed by atoms with Gasteiger partial charge >= 0.3 is 6.03 Å². The van der Waals surface area contributed by atoms with E-state index in [1.165, 1.54) is 24.8 Å². The van der Waals surface area contributed by atoms with Crippen LogP contribution in [0.2, 0.25) is 10.0 Å². The van der Waals surface area contributed by atoms with Gasteiger partial charge in [-0.3, -0.25) is 0 Å². The highest BCUT2D eigenvalue weighted by Gasteiger charge is 2.39. The summed E-state index contributed by atoms with van der Waals surface area (Å²) in [6.07, 6.45) is 5.97. The molecule has 0 bridgehead atoms. The predicted molar refractivity (Wildman–Crippen MR) is 150 cm³/mol. The van der Waals surface area contributed by atoms with E-state index < -0.39 is 0 Å². The van der Waals surface area contributed by atoms with Crippen LogP contribution in [-0.2, 0) is 5.41 Å². The van der Waals surface area contributed by atoms with Gasteiger partial charge in [-0.15, -0.1) is 0 Å². The zero-order valence-corrected chi connectivity index (χ0v) is 21.8. The summed E-state index contributed by atoms with van der Waals surface area (Å²) in [6.45, 7) is 2.66. The molecule has 2 fully saturated rings. The molecule has 2 aliphatic rings. The van der Waals surface area contributed by atoms with E-state index in [1.54, 1.807) is 18.2 Å². The van der Waals surface area contributed by atoms with E-state index in [-0.39, 0.29) is 11.4 Å². The average Bonchev–Trinajstić information content (AvgIpc) is 2.82. The number of piperidine rings is 1. The van der Waals surface area contributed by atoms with Gasteiger partial charge in [-0.2, -0.15) is 0 Å². The first-order valence-electron chi connectivity index (χ1n) is 12.6. The molecule has 2 amide bonds. The van der Waals surface area contributed by atoms with Gasteiger partial charge in [0, 0.05) is 39.4 Å². The lowest BCUT2D eigenvalue weighted by atomic mass is 9.71. The molecule has 0 atom stereocenters. The first kappa shape index (κ1) is 24.9. The van der Waals surface area contributed by atoms with Crippen LogP contribution in [0.4, 0.5) is 16.2 Å². The van der Waals surface area contributed by atoms with Crippen molar-refractivity contribution in [3.05, 3.63) is 82.3 Å². The van der Waals surface area contributed by atoms with E-state index >= 15 is 0 Å². The number of nitrogens with zero attached hydrogens (tertiary/aromatic N) is 1. The number of carbonyl (C=O) groups is 1. The Morgan fingerprint density at radius 3 is 2.25 bits per heavy atom. The molecule has 1 saturated heterocycles. The van der Waals surface area contributed by atoms with E-state index in [4.69, 9.17) is 28.9 Å². The van der Waals surface area contributed by atoms with Crippen molar-refractivity contribution in [2.75, 3.05) is 30.7 Å². The first-order valence-corrected chi connectivity index (χ1v) is 13.4. The highest BCUT2D eigenvalue weighted by atomic mass is 35.5. The molecule has 5 nitrogen and oxygen atoms in total. The molecule has 5 rings (SSSR count). The summed E-state index contributed by atoms with van der Waals surface area (Å²) in [5.74, 6) is 0. The van der Waals surface area contributed by atoms with Gasteiger partial charge in [-0.25, -0.2) is 4.79 Å². The Morgan fingerprint density at radius 1 is 0.944 bits per heavy atom. The van der Waals surface area contributed by atoms with Crippen LogP contribution < -0.4 is 16.4 Å². The Hall–Kier alpha value is -2.73. The van der Waals surface area contributed by atoms with E-state index in [2.05, 4.69) is 45.9 Å². The fraction of sp³-hybridized carbons (Fsp3) is 0.345. The molecule has 0 spiro atoms. The van der Waals surface area contributed by atoms with Crippen molar-refractivity contribution < 1.29 is 4.79 Å². The number of benzene rings is 3. The number of rotatable bonds is 6. The lowest BCUT2D eigenvalue weighted by molar-refractivity contribution is 0.0728. The van der Waals surface area contributed by atoms with Crippen LogP contribution >= 0.6 is 23.2 Å². The Morgan fingerprint density at radius 2 is 1.64 bits per heavy atom. The molecular weight excluding hydrogens is 491 g/mol. The van der Waals surface area contributed by atoms with Gasteiger partial charge in [0.1, 0.15) is 0 Å². The van der Waals surface area contributed by atoms with Crippen molar-refractivity contribution >= 4 is 40.6 Å². The molecule has 3 aromatic rings. The minimum Gasteiger partial charge on any atom is -0.399 e. The maximum atomic E-state index is 12.8. The molecule has 3 aromatic carbocycles. The number of amides is 2. The summed E-state index contributed by atoms with van der Waals surface area (Å²) in [5, 5.41) is 6.97. The van der Waals surface area contributed by atoms with Gasteiger partial charge in [0.2, 0.25) is 0 Å². The predicted octanol–water partition coefficient (Wildman–Crippen LogP) is 6.95. The second kappa shape index (κ2) is 10.7. The molecule has 36 heavy (non-hydrogen) atoms. The highest BCUT2D eigenvalue weighted by molar-refractivity contribution is 6.35. The van der Waals surface area contributed by atoms with Crippen molar-refractivity contribution in [3.63, 3.8) is 0 Å². The van der Waals surface area contributed by atoms with Gasteiger partial charge < -0.3 is 21.3 Å². The maximum absolute atomic E-state index is 12.8. The minimum absolute atomic E-state index is 0.127. The van der Waals surface area contributed by atoms with E-state index in [0.717, 1.165) is 48.8 Å². The number of likely N-dealkylation sites (tertiary alicyclic amines) is 1. The fourth-order valence-electron chi connectivity index (χ4n) is 5.42. The van der Waals surface area contributed by atoms with E-state index in [9.17, 15) is 4.79 Å².